The lowest BCUT2D eigenvalue weighted by atomic mass is 9.95. The number of carbonyl (C=O) groups is 2. The largest absolute Gasteiger partial charge is 0.481 e. The SMILES string of the molecule is CSC1CCCC(NC(=O)N2CC(C)C(C(=O)O)C2)C1. The Morgan fingerprint density at radius 1 is 1.30 bits per heavy atom. The quantitative estimate of drug-likeness (QED) is 0.836. The predicted octanol–water partition coefficient (Wildman–Crippen LogP) is 2.02. The van der Waals surface area contributed by atoms with Gasteiger partial charge in [0.05, 0.1) is 5.92 Å². The van der Waals surface area contributed by atoms with Gasteiger partial charge in [0.25, 0.3) is 0 Å². The number of rotatable bonds is 3. The van der Waals surface area contributed by atoms with Crippen LogP contribution in [0.4, 0.5) is 4.79 Å². The van der Waals surface area contributed by atoms with Crippen molar-refractivity contribution in [3.63, 3.8) is 0 Å². The summed E-state index contributed by atoms with van der Waals surface area (Å²) >= 11 is 1.87. The minimum atomic E-state index is -0.798. The van der Waals surface area contributed by atoms with Crippen LogP contribution in [-0.2, 0) is 4.79 Å². The van der Waals surface area contributed by atoms with E-state index < -0.39 is 11.9 Å². The number of nitrogens with one attached hydrogen (secondary N) is 1. The summed E-state index contributed by atoms with van der Waals surface area (Å²) in [6, 6.07) is 0.153. The maximum absolute atomic E-state index is 12.2. The van der Waals surface area contributed by atoms with Crippen LogP contribution in [0, 0.1) is 11.8 Å². The van der Waals surface area contributed by atoms with E-state index in [1.807, 2.05) is 18.7 Å². The molecule has 4 unspecified atom stereocenters. The average Bonchev–Trinajstić information content (AvgIpc) is 2.81. The fourth-order valence-electron chi connectivity index (χ4n) is 3.21. The summed E-state index contributed by atoms with van der Waals surface area (Å²) in [5.41, 5.74) is 0. The number of aliphatic carboxylic acids is 1. The maximum atomic E-state index is 12.2. The van der Waals surface area contributed by atoms with Crippen LogP contribution in [0.3, 0.4) is 0 Å². The van der Waals surface area contributed by atoms with E-state index in [0.717, 1.165) is 19.3 Å². The Morgan fingerprint density at radius 3 is 2.65 bits per heavy atom. The third-order valence-electron chi connectivity index (χ3n) is 4.50. The van der Waals surface area contributed by atoms with Crippen molar-refractivity contribution in [2.24, 2.45) is 11.8 Å². The van der Waals surface area contributed by atoms with E-state index in [1.165, 1.54) is 6.42 Å². The molecule has 2 rings (SSSR count). The summed E-state index contributed by atoms with van der Waals surface area (Å²) in [7, 11) is 0. The Morgan fingerprint density at radius 2 is 2.05 bits per heavy atom. The number of likely N-dealkylation sites (tertiary alicyclic amines) is 1. The number of hydrogen-bond donors (Lipinski definition) is 2. The number of carbonyl (C=O) groups excluding carboxylic acids is 1. The molecular formula is C14H24N2O3S. The average molecular weight is 300 g/mol. The van der Waals surface area contributed by atoms with Crippen LogP contribution >= 0.6 is 11.8 Å². The Balaban J connectivity index is 1.85. The number of carboxylic acid groups (broad SMARTS) is 1. The molecule has 0 aromatic rings. The molecule has 5 nitrogen and oxygen atoms in total. The molecule has 2 aliphatic rings. The lowest BCUT2D eigenvalue weighted by Gasteiger charge is -2.30. The van der Waals surface area contributed by atoms with Crippen molar-refractivity contribution < 1.29 is 14.7 Å². The second-order valence-electron chi connectivity index (χ2n) is 6.00. The van der Waals surface area contributed by atoms with Crippen LogP contribution in [0.2, 0.25) is 0 Å². The molecule has 0 aromatic heterocycles. The van der Waals surface area contributed by atoms with Crippen LogP contribution in [-0.4, -0.2) is 52.6 Å². The molecule has 6 heteroatoms. The standard InChI is InChI=1S/C14H24N2O3S/c1-9-7-16(8-12(9)13(17)18)14(19)15-10-4-3-5-11(6-10)20-2/h9-12H,3-8H2,1-2H3,(H,15,19)(H,17,18). The molecule has 2 fully saturated rings. The van der Waals surface area contributed by atoms with Gasteiger partial charge in [-0.2, -0.15) is 11.8 Å². The van der Waals surface area contributed by atoms with Crippen LogP contribution in [0.1, 0.15) is 32.6 Å². The monoisotopic (exact) mass is 300 g/mol. The number of hydrogen-bond acceptors (Lipinski definition) is 3. The summed E-state index contributed by atoms with van der Waals surface area (Å²) in [6.07, 6.45) is 6.57. The number of urea groups is 1. The Kier molecular flexibility index (Phi) is 5.18. The molecule has 4 atom stereocenters. The van der Waals surface area contributed by atoms with E-state index in [9.17, 15) is 9.59 Å². The van der Waals surface area contributed by atoms with E-state index in [-0.39, 0.29) is 18.0 Å². The minimum Gasteiger partial charge on any atom is -0.481 e. The fraction of sp³-hybridized carbons (Fsp3) is 0.857. The van der Waals surface area contributed by atoms with E-state index >= 15 is 0 Å². The zero-order chi connectivity index (χ0) is 14.7. The topological polar surface area (TPSA) is 69.6 Å². The number of nitrogens with zero attached hydrogens (tertiary/aromatic N) is 1. The van der Waals surface area contributed by atoms with Gasteiger partial charge < -0.3 is 15.3 Å². The first-order chi connectivity index (χ1) is 9.51. The molecule has 2 N–H and O–H groups in total. The molecule has 1 aliphatic carbocycles. The smallest absolute Gasteiger partial charge is 0.317 e. The molecule has 20 heavy (non-hydrogen) atoms. The van der Waals surface area contributed by atoms with Crippen molar-refractivity contribution in [2.45, 2.75) is 43.9 Å². The molecule has 0 radical (unpaired) electrons. The molecule has 1 saturated heterocycles. The van der Waals surface area contributed by atoms with Crippen LogP contribution < -0.4 is 5.32 Å². The highest BCUT2D eigenvalue weighted by Gasteiger charge is 2.37. The summed E-state index contributed by atoms with van der Waals surface area (Å²) in [6.45, 7) is 2.78. The Labute approximate surface area is 124 Å². The highest BCUT2D eigenvalue weighted by molar-refractivity contribution is 7.99. The Bertz CT molecular complexity index is 377. The van der Waals surface area contributed by atoms with Crippen molar-refractivity contribution in [3.05, 3.63) is 0 Å². The van der Waals surface area contributed by atoms with Crippen molar-refractivity contribution in [2.75, 3.05) is 19.3 Å². The van der Waals surface area contributed by atoms with E-state index in [4.69, 9.17) is 5.11 Å². The number of amides is 2. The third kappa shape index (κ3) is 3.59. The van der Waals surface area contributed by atoms with Crippen LogP contribution in [0.5, 0.6) is 0 Å². The molecule has 114 valence electrons. The minimum absolute atomic E-state index is 0.0311. The van der Waals surface area contributed by atoms with Gasteiger partial charge in [-0.25, -0.2) is 4.79 Å². The summed E-state index contributed by atoms with van der Waals surface area (Å²) in [5.74, 6) is -1.19. The second kappa shape index (κ2) is 6.70. The lowest BCUT2D eigenvalue weighted by Crippen LogP contribution is -2.46. The molecule has 2 amide bonds. The normalized spacial score (nSPS) is 34.0. The van der Waals surface area contributed by atoms with Crippen LogP contribution in [0.15, 0.2) is 0 Å². The summed E-state index contributed by atoms with van der Waals surface area (Å²) in [4.78, 5) is 25.0. The summed E-state index contributed by atoms with van der Waals surface area (Å²) < 4.78 is 0. The second-order valence-corrected chi connectivity index (χ2v) is 7.14. The van der Waals surface area contributed by atoms with Gasteiger partial charge in [0.1, 0.15) is 0 Å². The van der Waals surface area contributed by atoms with Gasteiger partial charge in [0.2, 0.25) is 0 Å². The van der Waals surface area contributed by atoms with E-state index in [1.54, 1.807) is 4.90 Å². The first-order valence-electron chi connectivity index (χ1n) is 7.32. The van der Waals surface area contributed by atoms with Gasteiger partial charge >= 0.3 is 12.0 Å². The highest BCUT2D eigenvalue weighted by Crippen LogP contribution is 2.28. The molecule has 1 saturated carbocycles. The third-order valence-corrected chi connectivity index (χ3v) is 5.60. The van der Waals surface area contributed by atoms with Gasteiger partial charge in [0, 0.05) is 24.4 Å². The zero-order valence-electron chi connectivity index (χ0n) is 12.2. The molecule has 1 aliphatic heterocycles. The molecule has 0 spiro atoms. The van der Waals surface area contributed by atoms with Crippen molar-refractivity contribution in [1.82, 2.24) is 10.2 Å². The highest BCUT2D eigenvalue weighted by atomic mass is 32.2. The molecular weight excluding hydrogens is 276 g/mol. The van der Waals surface area contributed by atoms with Gasteiger partial charge in [-0.1, -0.05) is 13.3 Å². The molecule has 0 aromatic carbocycles. The van der Waals surface area contributed by atoms with E-state index in [0.29, 0.717) is 18.3 Å². The Hall–Kier alpha value is -0.910. The summed E-state index contributed by atoms with van der Waals surface area (Å²) in [5, 5.41) is 12.8. The molecule has 0 bridgehead atoms. The van der Waals surface area contributed by atoms with E-state index in [2.05, 4.69) is 11.6 Å². The zero-order valence-corrected chi connectivity index (χ0v) is 13.0. The van der Waals surface area contributed by atoms with Gasteiger partial charge in [0.15, 0.2) is 0 Å². The first-order valence-corrected chi connectivity index (χ1v) is 8.61. The number of thioether (sulfide) groups is 1. The molecule has 1 heterocycles. The first kappa shape index (κ1) is 15.5. The van der Waals surface area contributed by atoms with Gasteiger partial charge in [-0.05, 0) is 31.4 Å². The number of carboxylic acids is 1. The van der Waals surface area contributed by atoms with Gasteiger partial charge in [-0.15, -0.1) is 0 Å². The lowest BCUT2D eigenvalue weighted by molar-refractivity contribution is -0.142. The van der Waals surface area contributed by atoms with Gasteiger partial charge in [-0.3, -0.25) is 4.79 Å². The van der Waals surface area contributed by atoms with Crippen molar-refractivity contribution >= 4 is 23.8 Å². The maximum Gasteiger partial charge on any atom is 0.317 e. The predicted molar refractivity (Wildman–Crippen MR) is 80.0 cm³/mol. The fourth-order valence-corrected chi connectivity index (χ4v) is 4.04. The van der Waals surface area contributed by atoms with Crippen LogP contribution in [0.25, 0.3) is 0 Å². The van der Waals surface area contributed by atoms with Crippen molar-refractivity contribution in [1.29, 1.82) is 0 Å². The van der Waals surface area contributed by atoms with Crippen molar-refractivity contribution in [3.8, 4) is 0 Å².